The third kappa shape index (κ3) is 19.8. The van der Waals surface area contributed by atoms with Gasteiger partial charge in [0.25, 0.3) is 0 Å². The number of benzene rings is 2. The Morgan fingerprint density at radius 3 is 1.69 bits per heavy atom. The first-order chi connectivity index (χ1) is 36.5. The van der Waals surface area contributed by atoms with Gasteiger partial charge in [0.1, 0.15) is 88.6 Å². The lowest BCUT2D eigenvalue weighted by Gasteiger charge is -2.28. The van der Waals surface area contributed by atoms with E-state index >= 15 is 0 Å². The number of nitrogens with zero attached hydrogens (tertiary/aromatic N) is 4. The van der Waals surface area contributed by atoms with Crippen LogP contribution in [-0.2, 0) is 43.9 Å². The average Bonchev–Trinajstić information content (AvgIpc) is 3.81. The molecule has 4 aromatic rings. The van der Waals surface area contributed by atoms with E-state index in [0.717, 1.165) is 0 Å². The van der Waals surface area contributed by atoms with Crippen LogP contribution >= 0.6 is 23.4 Å². The molecule has 0 radical (unpaired) electrons. The van der Waals surface area contributed by atoms with Crippen LogP contribution in [0.1, 0.15) is 120 Å². The van der Waals surface area contributed by atoms with Crippen molar-refractivity contribution in [1.82, 2.24) is 31.2 Å². The van der Waals surface area contributed by atoms with Gasteiger partial charge in [0.05, 0.1) is 11.3 Å². The number of nitrogens with two attached hydrogens (primary N) is 1. The van der Waals surface area contributed by atoms with Crippen molar-refractivity contribution in [1.29, 1.82) is 10.5 Å². The van der Waals surface area contributed by atoms with E-state index in [1.54, 1.807) is 97.0 Å². The van der Waals surface area contributed by atoms with Gasteiger partial charge in [-0.05, 0) is 129 Å². The molecule has 4 amide bonds. The molecule has 6 atom stereocenters. The number of aromatic nitrogens is 2. The van der Waals surface area contributed by atoms with Gasteiger partial charge in [0.2, 0.25) is 17.7 Å². The normalized spacial score (nSPS) is 13.8. The number of nitrogen functional groups attached to an aromatic ring is 1. The van der Waals surface area contributed by atoms with Crippen LogP contribution in [0.2, 0.25) is 5.02 Å². The molecular formula is C55H70ClN9O12S. The number of hydrogen-bond acceptors (Lipinski definition) is 18. The monoisotopic (exact) mass is 1120 g/mol. The van der Waals surface area contributed by atoms with Crippen molar-refractivity contribution < 1.29 is 56.9 Å². The summed E-state index contributed by atoms with van der Waals surface area (Å²) in [5.41, 5.74) is 6.59. The number of carbonyl (C=O) groups excluding carboxylic acids is 6. The molecule has 0 fully saturated rings. The van der Waals surface area contributed by atoms with E-state index in [0.29, 0.717) is 27.7 Å². The number of anilines is 1. The zero-order chi connectivity index (χ0) is 58.2. The van der Waals surface area contributed by atoms with Gasteiger partial charge in [0.15, 0.2) is 6.10 Å². The molecule has 6 unspecified atom stereocenters. The first-order valence-corrected chi connectivity index (χ1v) is 26.5. The number of amides is 4. The highest BCUT2D eigenvalue weighted by Crippen LogP contribution is 2.37. The SMILES string of the molecule is CC(C)CC(NC(=O)OC(C)(C)C)C(=O)NC(C)C(=O)OCC(OC(=O)C(C)NC(=O)C(CC(C)C)NC(=O)OC(C)(C)C)C(C)Oc1ccc(-c2c(C#N)c(N)nc(SCc3coc(-c4ccc(Cl)cc4)n3)c2C#N)cc1. The van der Waals surface area contributed by atoms with E-state index in [-0.39, 0.29) is 63.7 Å². The van der Waals surface area contributed by atoms with Crippen LogP contribution in [0, 0.1) is 34.5 Å². The molecule has 0 aliphatic heterocycles. The van der Waals surface area contributed by atoms with E-state index in [4.69, 9.17) is 45.4 Å². The van der Waals surface area contributed by atoms with E-state index in [1.165, 1.54) is 31.9 Å². The fourth-order valence-electron chi connectivity index (χ4n) is 7.28. The van der Waals surface area contributed by atoms with Crippen molar-refractivity contribution in [3.05, 3.63) is 76.6 Å². The Bertz CT molecular complexity index is 2830. The Hall–Kier alpha value is -7.56. The summed E-state index contributed by atoms with van der Waals surface area (Å²) in [6, 6.07) is 12.8. The fourth-order valence-corrected chi connectivity index (χ4v) is 8.28. The summed E-state index contributed by atoms with van der Waals surface area (Å²) < 4.78 is 34.1. The molecule has 0 aliphatic carbocycles. The standard InChI is InChI=1S/C55H70ClN9O12S/c1-29(2)22-41(63-52(70)76-54(8,9)10)46(66)60-31(5)50(68)73-27-43(75-51(69)32(6)61-47(67)42(23-30(3)4)64-53(71)77-55(11,12)13)33(7)74-38-20-16-34(17-21-38)44-39(24-57)45(59)65-49(40(44)25-58)78-28-37-26-72-48(62-37)35-14-18-36(56)19-15-35/h14-21,26,29-33,41-43H,22-23,27-28H2,1-13H3,(H2,59,65)(H,60,66)(H,61,67)(H,63,70)(H,64,71). The average molecular weight is 1120 g/mol. The Kier molecular flexibility index (Phi) is 22.7. The zero-order valence-electron chi connectivity index (χ0n) is 46.2. The van der Waals surface area contributed by atoms with Gasteiger partial charge < -0.3 is 55.1 Å². The van der Waals surface area contributed by atoms with Gasteiger partial charge >= 0.3 is 24.1 Å². The number of thioether (sulfide) groups is 1. The Labute approximate surface area is 464 Å². The van der Waals surface area contributed by atoms with Crippen molar-refractivity contribution >= 4 is 65.1 Å². The first-order valence-electron chi connectivity index (χ1n) is 25.2. The minimum absolute atomic E-state index is 0.0317. The number of oxazole rings is 1. The molecule has 2 aromatic heterocycles. The van der Waals surface area contributed by atoms with Crippen molar-refractivity contribution in [2.24, 2.45) is 11.8 Å². The van der Waals surface area contributed by atoms with Crippen molar-refractivity contribution in [3.63, 3.8) is 0 Å². The number of hydrogen-bond donors (Lipinski definition) is 5. The number of esters is 2. The molecule has 78 heavy (non-hydrogen) atoms. The van der Waals surface area contributed by atoms with E-state index < -0.39 is 90.1 Å². The van der Waals surface area contributed by atoms with Crippen LogP contribution in [0.4, 0.5) is 15.4 Å². The topological polar surface area (TPSA) is 309 Å². The Morgan fingerprint density at radius 2 is 1.21 bits per heavy atom. The minimum Gasteiger partial charge on any atom is -0.487 e. The lowest BCUT2D eigenvalue weighted by molar-refractivity contribution is -0.167. The van der Waals surface area contributed by atoms with Crippen LogP contribution in [0.5, 0.6) is 5.75 Å². The smallest absolute Gasteiger partial charge is 0.408 e. The highest BCUT2D eigenvalue weighted by Gasteiger charge is 2.33. The highest BCUT2D eigenvalue weighted by molar-refractivity contribution is 7.98. The summed E-state index contributed by atoms with van der Waals surface area (Å²) in [6.07, 6.45) is -2.15. The predicted octanol–water partition coefficient (Wildman–Crippen LogP) is 8.79. The molecule has 6 N–H and O–H groups in total. The maximum absolute atomic E-state index is 13.8. The van der Waals surface area contributed by atoms with Crippen molar-refractivity contribution in [3.8, 4) is 40.5 Å². The van der Waals surface area contributed by atoms with Crippen LogP contribution in [0.25, 0.3) is 22.6 Å². The quantitative estimate of drug-likeness (QED) is 0.0263. The molecule has 4 rings (SSSR count). The number of alkyl carbamates (subject to hydrolysis) is 2. The van der Waals surface area contributed by atoms with Crippen LogP contribution in [-0.4, -0.2) is 100 Å². The Balaban J connectivity index is 1.57. The maximum Gasteiger partial charge on any atom is 0.408 e. The molecule has 0 saturated carbocycles. The van der Waals surface area contributed by atoms with Crippen LogP contribution < -0.4 is 31.7 Å². The van der Waals surface area contributed by atoms with E-state index in [9.17, 15) is 39.3 Å². The first kappa shape index (κ1) is 63.0. The number of halogens is 1. The number of pyridine rings is 1. The van der Waals surface area contributed by atoms with E-state index in [1.807, 2.05) is 27.7 Å². The minimum atomic E-state index is -1.35. The number of nitriles is 2. The second-order valence-electron chi connectivity index (χ2n) is 21.2. The number of carbonyl (C=O) groups is 6. The molecule has 0 aliphatic rings. The lowest BCUT2D eigenvalue weighted by atomic mass is 9.97. The summed E-state index contributed by atoms with van der Waals surface area (Å²) in [4.78, 5) is 88.6. The number of ether oxygens (including phenoxy) is 5. The van der Waals surface area contributed by atoms with Crippen molar-refractivity contribution in [2.45, 2.75) is 161 Å². The van der Waals surface area contributed by atoms with Crippen LogP contribution in [0.3, 0.4) is 0 Å². The van der Waals surface area contributed by atoms with Crippen LogP contribution in [0.15, 0.2) is 64.2 Å². The summed E-state index contributed by atoms with van der Waals surface area (Å²) in [5.74, 6) is -2.60. The number of nitrogens with one attached hydrogen (secondary N) is 4. The molecule has 420 valence electrons. The molecule has 23 heteroatoms. The predicted molar refractivity (Wildman–Crippen MR) is 291 cm³/mol. The molecular weight excluding hydrogens is 1050 g/mol. The van der Waals surface area contributed by atoms with Gasteiger partial charge in [-0.1, -0.05) is 63.2 Å². The second-order valence-corrected chi connectivity index (χ2v) is 22.6. The summed E-state index contributed by atoms with van der Waals surface area (Å²) in [5, 5.41) is 31.8. The molecule has 0 spiro atoms. The third-order valence-corrected chi connectivity index (χ3v) is 12.2. The largest absolute Gasteiger partial charge is 0.487 e. The molecule has 0 saturated heterocycles. The highest BCUT2D eigenvalue weighted by atomic mass is 35.5. The Morgan fingerprint density at radius 1 is 0.705 bits per heavy atom. The fraction of sp³-hybridized carbons (Fsp3) is 0.491. The van der Waals surface area contributed by atoms with Gasteiger partial charge in [-0.25, -0.2) is 29.1 Å². The molecule has 0 bridgehead atoms. The van der Waals surface area contributed by atoms with Gasteiger partial charge in [-0.3, -0.25) is 9.59 Å². The van der Waals surface area contributed by atoms with Gasteiger partial charge in [-0.2, -0.15) is 10.5 Å². The number of rotatable bonds is 23. The third-order valence-electron chi connectivity index (χ3n) is 10.9. The summed E-state index contributed by atoms with van der Waals surface area (Å²) in [6.45, 7) is 21.2. The van der Waals surface area contributed by atoms with E-state index in [2.05, 4.69) is 43.4 Å². The summed E-state index contributed by atoms with van der Waals surface area (Å²) in [7, 11) is 0. The zero-order valence-corrected chi connectivity index (χ0v) is 47.8. The second kappa shape index (κ2) is 28.2. The van der Waals surface area contributed by atoms with Gasteiger partial charge in [-0.15, -0.1) is 0 Å². The van der Waals surface area contributed by atoms with Gasteiger partial charge in [0, 0.05) is 21.9 Å². The molecule has 2 aromatic carbocycles. The maximum atomic E-state index is 13.8. The molecule has 21 nitrogen and oxygen atoms in total. The summed E-state index contributed by atoms with van der Waals surface area (Å²) >= 11 is 7.21. The lowest BCUT2D eigenvalue weighted by Crippen LogP contribution is -2.53. The van der Waals surface area contributed by atoms with Crippen molar-refractivity contribution in [2.75, 3.05) is 12.3 Å². The molecule has 2 heterocycles.